The van der Waals surface area contributed by atoms with Gasteiger partial charge in [-0.1, -0.05) is 0 Å². The lowest BCUT2D eigenvalue weighted by molar-refractivity contribution is 0.128. The van der Waals surface area contributed by atoms with Crippen molar-refractivity contribution in [3.05, 3.63) is 24.3 Å². The predicted molar refractivity (Wildman–Crippen MR) is 51.6 cm³/mol. The Kier molecular flexibility index (Phi) is 5.06. The van der Waals surface area contributed by atoms with Crippen molar-refractivity contribution in [1.82, 2.24) is 15.3 Å². The zero-order chi connectivity index (χ0) is 10.2. The van der Waals surface area contributed by atoms with Crippen LogP contribution in [0.25, 0.3) is 0 Å². The smallest absolute Gasteiger partial charge is 0.0724 e. The second-order valence-corrected chi connectivity index (χ2v) is 2.91. The van der Waals surface area contributed by atoms with Gasteiger partial charge in [0.1, 0.15) is 0 Å². The third-order valence-electron chi connectivity index (χ3n) is 1.78. The molecule has 1 aromatic rings. The lowest BCUT2D eigenvalue weighted by atomic mass is 10.3. The minimum Gasteiger partial charge on any atom is -0.395 e. The van der Waals surface area contributed by atoms with Crippen LogP contribution in [0, 0.1) is 0 Å². The van der Waals surface area contributed by atoms with E-state index in [2.05, 4.69) is 15.3 Å². The topological polar surface area (TPSA) is 67.3 Å². The summed E-state index contributed by atoms with van der Waals surface area (Å²) in [7, 11) is 1.60. The van der Waals surface area contributed by atoms with Crippen molar-refractivity contribution in [3.63, 3.8) is 0 Å². The Labute approximate surface area is 83.2 Å². The van der Waals surface area contributed by atoms with E-state index in [1.165, 1.54) is 0 Å². The van der Waals surface area contributed by atoms with E-state index in [1.807, 2.05) is 0 Å². The van der Waals surface area contributed by atoms with Gasteiger partial charge in [0, 0.05) is 32.2 Å². The highest BCUT2D eigenvalue weighted by atomic mass is 16.5. The Morgan fingerprint density at radius 2 is 2.43 bits per heavy atom. The number of nitrogens with one attached hydrogen (secondary N) is 1. The molecule has 1 atom stereocenters. The molecule has 0 saturated carbocycles. The number of aromatic nitrogens is 2. The van der Waals surface area contributed by atoms with Gasteiger partial charge in [-0.3, -0.25) is 9.97 Å². The molecule has 78 valence electrons. The normalized spacial score (nSPS) is 12.7. The molecule has 1 unspecified atom stereocenters. The second-order valence-electron chi connectivity index (χ2n) is 2.91. The molecule has 2 N–H and O–H groups in total. The zero-order valence-electron chi connectivity index (χ0n) is 8.18. The van der Waals surface area contributed by atoms with Crippen molar-refractivity contribution in [1.29, 1.82) is 0 Å². The fourth-order valence-electron chi connectivity index (χ4n) is 1.05. The summed E-state index contributed by atoms with van der Waals surface area (Å²) in [6.45, 7) is 1.12. The van der Waals surface area contributed by atoms with E-state index in [9.17, 15) is 0 Å². The number of hydrogen-bond acceptors (Lipinski definition) is 5. The van der Waals surface area contributed by atoms with E-state index >= 15 is 0 Å². The molecule has 0 aliphatic carbocycles. The lowest BCUT2D eigenvalue weighted by Gasteiger charge is -2.14. The Morgan fingerprint density at radius 1 is 1.57 bits per heavy atom. The van der Waals surface area contributed by atoms with Crippen LogP contribution in [0.1, 0.15) is 5.69 Å². The Hall–Kier alpha value is -1.04. The molecule has 0 aliphatic rings. The summed E-state index contributed by atoms with van der Waals surface area (Å²) in [6.07, 6.45) is 4.96. The molecule has 1 rings (SSSR count). The van der Waals surface area contributed by atoms with Gasteiger partial charge in [-0.25, -0.2) is 0 Å². The van der Waals surface area contributed by atoms with Crippen molar-refractivity contribution in [3.8, 4) is 0 Å². The highest BCUT2D eigenvalue weighted by Gasteiger charge is 2.05. The number of rotatable bonds is 6. The van der Waals surface area contributed by atoms with Crippen LogP contribution in [0.4, 0.5) is 0 Å². The molecule has 1 aromatic heterocycles. The van der Waals surface area contributed by atoms with Crippen LogP contribution in [0.5, 0.6) is 0 Å². The summed E-state index contributed by atoms with van der Waals surface area (Å²) >= 11 is 0. The molecule has 0 spiro atoms. The third-order valence-corrected chi connectivity index (χ3v) is 1.78. The molecule has 1 heterocycles. The highest BCUT2D eigenvalue weighted by molar-refractivity contribution is 4.94. The number of hydrogen-bond donors (Lipinski definition) is 2. The maximum Gasteiger partial charge on any atom is 0.0724 e. The lowest BCUT2D eigenvalue weighted by Crippen LogP contribution is -2.36. The average Bonchev–Trinajstić information content (AvgIpc) is 2.25. The van der Waals surface area contributed by atoms with Crippen LogP contribution in [0.15, 0.2) is 18.6 Å². The molecule has 0 amide bonds. The summed E-state index contributed by atoms with van der Waals surface area (Å²) < 4.78 is 4.92. The first kappa shape index (κ1) is 11.0. The predicted octanol–water partition coefficient (Wildman–Crippen LogP) is -0.427. The second kappa shape index (κ2) is 6.42. The van der Waals surface area contributed by atoms with E-state index in [0.29, 0.717) is 13.2 Å². The molecule has 0 saturated heterocycles. The molecule has 0 radical (unpaired) electrons. The van der Waals surface area contributed by atoms with E-state index in [-0.39, 0.29) is 12.6 Å². The van der Waals surface area contributed by atoms with E-state index < -0.39 is 0 Å². The fourth-order valence-corrected chi connectivity index (χ4v) is 1.05. The van der Waals surface area contributed by atoms with Gasteiger partial charge < -0.3 is 15.2 Å². The van der Waals surface area contributed by atoms with Gasteiger partial charge in [-0.15, -0.1) is 0 Å². The molecule has 5 nitrogen and oxygen atoms in total. The Morgan fingerprint density at radius 3 is 3.00 bits per heavy atom. The van der Waals surface area contributed by atoms with Gasteiger partial charge in [0.15, 0.2) is 0 Å². The molecule has 0 fully saturated rings. The summed E-state index contributed by atoms with van der Waals surface area (Å²) in [5.74, 6) is 0. The summed E-state index contributed by atoms with van der Waals surface area (Å²) in [6, 6.07) is -0.0537. The number of nitrogens with zero attached hydrogens (tertiary/aromatic N) is 2. The summed E-state index contributed by atoms with van der Waals surface area (Å²) in [5.41, 5.74) is 0.849. The number of methoxy groups -OCH3 is 1. The molecule has 5 heteroatoms. The maximum absolute atomic E-state index is 8.96. The van der Waals surface area contributed by atoms with Crippen molar-refractivity contribution in [2.45, 2.75) is 12.6 Å². The molecule has 0 aromatic carbocycles. The minimum atomic E-state index is -0.0537. The largest absolute Gasteiger partial charge is 0.395 e. The highest BCUT2D eigenvalue weighted by Crippen LogP contribution is 1.91. The van der Waals surface area contributed by atoms with Gasteiger partial charge >= 0.3 is 0 Å². The monoisotopic (exact) mass is 197 g/mol. The first-order valence-electron chi connectivity index (χ1n) is 4.45. The van der Waals surface area contributed by atoms with Crippen LogP contribution in [-0.2, 0) is 11.3 Å². The van der Waals surface area contributed by atoms with Crippen LogP contribution < -0.4 is 5.32 Å². The molecular weight excluding hydrogens is 182 g/mol. The third kappa shape index (κ3) is 3.78. The van der Waals surface area contributed by atoms with E-state index in [0.717, 1.165) is 5.69 Å². The standard InChI is InChI=1S/C9H15N3O2/c1-14-7-9(6-13)12-5-8-4-10-2-3-11-8/h2-4,9,12-13H,5-7H2,1H3. The molecular formula is C9H15N3O2. The Balaban J connectivity index is 2.32. The number of aliphatic hydroxyl groups is 1. The summed E-state index contributed by atoms with van der Waals surface area (Å²) in [4.78, 5) is 8.04. The van der Waals surface area contributed by atoms with E-state index in [1.54, 1.807) is 25.7 Å². The quantitative estimate of drug-likeness (QED) is 0.648. The van der Waals surface area contributed by atoms with Gasteiger partial charge in [0.05, 0.1) is 24.9 Å². The number of aliphatic hydroxyl groups excluding tert-OH is 1. The maximum atomic E-state index is 8.96. The van der Waals surface area contributed by atoms with Crippen molar-refractivity contribution >= 4 is 0 Å². The fraction of sp³-hybridized carbons (Fsp3) is 0.556. The zero-order valence-corrected chi connectivity index (χ0v) is 8.18. The molecule has 0 bridgehead atoms. The Bertz CT molecular complexity index is 243. The van der Waals surface area contributed by atoms with Crippen molar-refractivity contribution in [2.75, 3.05) is 20.3 Å². The van der Waals surface area contributed by atoms with Gasteiger partial charge in [0.2, 0.25) is 0 Å². The van der Waals surface area contributed by atoms with Crippen LogP contribution >= 0.6 is 0 Å². The molecule has 14 heavy (non-hydrogen) atoms. The number of ether oxygens (including phenoxy) is 1. The summed E-state index contributed by atoms with van der Waals surface area (Å²) in [5, 5.41) is 12.1. The van der Waals surface area contributed by atoms with Gasteiger partial charge in [-0.05, 0) is 0 Å². The van der Waals surface area contributed by atoms with Crippen molar-refractivity contribution in [2.24, 2.45) is 0 Å². The SMILES string of the molecule is COCC(CO)NCc1cnccn1. The van der Waals surface area contributed by atoms with Crippen LogP contribution in [0.2, 0.25) is 0 Å². The van der Waals surface area contributed by atoms with Crippen LogP contribution in [0.3, 0.4) is 0 Å². The molecule has 0 aliphatic heterocycles. The minimum absolute atomic E-state index is 0.0497. The first-order valence-corrected chi connectivity index (χ1v) is 4.45. The van der Waals surface area contributed by atoms with Crippen molar-refractivity contribution < 1.29 is 9.84 Å². The van der Waals surface area contributed by atoms with Gasteiger partial charge in [0.25, 0.3) is 0 Å². The van der Waals surface area contributed by atoms with Crippen LogP contribution in [-0.4, -0.2) is 41.4 Å². The average molecular weight is 197 g/mol. The van der Waals surface area contributed by atoms with Gasteiger partial charge in [-0.2, -0.15) is 0 Å². The van der Waals surface area contributed by atoms with E-state index in [4.69, 9.17) is 9.84 Å². The first-order chi connectivity index (χ1) is 6.86.